The van der Waals surface area contributed by atoms with Crippen molar-refractivity contribution in [3.05, 3.63) is 17.6 Å². The highest BCUT2D eigenvalue weighted by Gasteiger charge is 2.44. The number of aliphatic hydroxyl groups is 1. The van der Waals surface area contributed by atoms with Crippen LogP contribution in [-0.4, -0.2) is 39.0 Å². The fraction of sp³-hybridized carbons (Fsp3) is 0.800. The second-order valence-electron chi connectivity index (χ2n) is 9.05. The van der Waals surface area contributed by atoms with Crippen LogP contribution in [0.1, 0.15) is 71.1 Å². The second kappa shape index (κ2) is 6.73. The van der Waals surface area contributed by atoms with E-state index in [2.05, 4.69) is 49.5 Å². The lowest BCUT2D eigenvalue weighted by Crippen LogP contribution is -2.50. The Kier molecular flexibility index (Phi) is 5.11. The standard InChI is InChI=1S/C20H33N3OS/c1-13-6-7-15-16(13)18(22-12-21-15)23-10-8-14(9-11-23)17(24)19(2,3)20(4,5)25/h12-14,17,24-25H,6-11H2,1-5H3. The van der Waals surface area contributed by atoms with E-state index in [1.165, 1.54) is 17.7 Å². The Morgan fingerprint density at radius 2 is 1.80 bits per heavy atom. The average molecular weight is 364 g/mol. The lowest BCUT2D eigenvalue weighted by molar-refractivity contribution is -0.0224. The van der Waals surface area contributed by atoms with Gasteiger partial charge in [0, 0.05) is 34.5 Å². The van der Waals surface area contributed by atoms with Crippen LogP contribution >= 0.6 is 12.6 Å². The third-order valence-electron chi connectivity index (χ3n) is 6.85. The minimum absolute atomic E-state index is 0.216. The van der Waals surface area contributed by atoms with E-state index in [9.17, 15) is 5.11 Å². The molecule has 1 aliphatic heterocycles. The number of hydrogen-bond donors (Lipinski definition) is 2. The van der Waals surface area contributed by atoms with Crippen molar-refractivity contribution in [1.82, 2.24) is 9.97 Å². The molecule has 1 N–H and O–H groups in total. The molecule has 2 heterocycles. The summed E-state index contributed by atoms with van der Waals surface area (Å²) in [7, 11) is 0. The quantitative estimate of drug-likeness (QED) is 0.798. The zero-order chi connectivity index (χ0) is 18.4. The summed E-state index contributed by atoms with van der Waals surface area (Å²) in [6.45, 7) is 12.7. The number of piperidine rings is 1. The normalized spacial score (nSPS) is 23.6. The SMILES string of the molecule is CC1CCc2ncnc(N3CCC(C(O)C(C)(C)C(C)(C)S)CC3)c21. The van der Waals surface area contributed by atoms with Gasteiger partial charge in [0.05, 0.1) is 6.10 Å². The highest BCUT2D eigenvalue weighted by atomic mass is 32.1. The molecule has 1 aromatic rings. The molecule has 2 atom stereocenters. The Labute approximate surface area is 157 Å². The molecular formula is C20H33N3OS. The Balaban J connectivity index is 1.70. The van der Waals surface area contributed by atoms with Gasteiger partial charge in [0.2, 0.25) is 0 Å². The first-order valence-electron chi connectivity index (χ1n) is 9.62. The molecule has 1 saturated heterocycles. The van der Waals surface area contributed by atoms with Crippen LogP contribution in [0, 0.1) is 11.3 Å². The van der Waals surface area contributed by atoms with Gasteiger partial charge in [-0.15, -0.1) is 0 Å². The molecule has 1 fully saturated rings. The Morgan fingerprint density at radius 3 is 2.40 bits per heavy atom. The number of anilines is 1. The number of fused-ring (bicyclic) bond motifs is 1. The van der Waals surface area contributed by atoms with Crippen LogP contribution in [0.15, 0.2) is 6.33 Å². The topological polar surface area (TPSA) is 49.2 Å². The van der Waals surface area contributed by atoms with Gasteiger partial charge < -0.3 is 10.0 Å². The minimum atomic E-state index is -0.336. The van der Waals surface area contributed by atoms with Crippen molar-refractivity contribution >= 4 is 18.4 Å². The lowest BCUT2D eigenvalue weighted by atomic mass is 9.69. The molecule has 0 bridgehead atoms. The van der Waals surface area contributed by atoms with E-state index >= 15 is 0 Å². The highest BCUT2D eigenvalue weighted by Crippen LogP contribution is 2.44. The summed E-state index contributed by atoms with van der Waals surface area (Å²) >= 11 is 4.74. The molecule has 25 heavy (non-hydrogen) atoms. The fourth-order valence-electron chi connectivity index (χ4n) is 4.25. The van der Waals surface area contributed by atoms with E-state index in [4.69, 9.17) is 12.6 Å². The highest BCUT2D eigenvalue weighted by molar-refractivity contribution is 7.81. The zero-order valence-electron chi connectivity index (χ0n) is 16.3. The van der Waals surface area contributed by atoms with Crippen molar-refractivity contribution in [2.75, 3.05) is 18.0 Å². The summed E-state index contributed by atoms with van der Waals surface area (Å²) in [5, 5.41) is 11.0. The van der Waals surface area contributed by atoms with E-state index in [1.807, 2.05) is 0 Å². The molecule has 140 valence electrons. The van der Waals surface area contributed by atoms with Crippen molar-refractivity contribution in [1.29, 1.82) is 0 Å². The first kappa shape index (κ1) is 19.0. The molecule has 2 unspecified atom stereocenters. The van der Waals surface area contributed by atoms with Gasteiger partial charge in [-0.25, -0.2) is 9.97 Å². The summed E-state index contributed by atoms with van der Waals surface area (Å²) in [6.07, 6.45) is 5.65. The molecule has 0 aromatic carbocycles. The van der Waals surface area contributed by atoms with Crippen LogP contribution in [0.4, 0.5) is 5.82 Å². The fourth-order valence-corrected chi connectivity index (χ4v) is 4.39. The maximum Gasteiger partial charge on any atom is 0.135 e. The van der Waals surface area contributed by atoms with Crippen LogP contribution in [0.2, 0.25) is 0 Å². The zero-order valence-corrected chi connectivity index (χ0v) is 17.2. The van der Waals surface area contributed by atoms with Crippen molar-refractivity contribution in [2.24, 2.45) is 11.3 Å². The number of nitrogens with zero attached hydrogens (tertiary/aromatic N) is 3. The Bertz CT molecular complexity index is 618. The smallest absolute Gasteiger partial charge is 0.135 e. The molecule has 0 radical (unpaired) electrons. The summed E-state index contributed by atoms with van der Waals surface area (Å²) in [6, 6.07) is 0. The predicted molar refractivity (Wildman–Crippen MR) is 107 cm³/mol. The predicted octanol–water partition coefficient (Wildman–Crippen LogP) is 3.84. The van der Waals surface area contributed by atoms with Crippen molar-refractivity contribution in [2.45, 2.75) is 77.1 Å². The van der Waals surface area contributed by atoms with Crippen LogP contribution in [0.5, 0.6) is 0 Å². The van der Waals surface area contributed by atoms with Crippen LogP contribution in [0.3, 0.4) is 0 Å². The molecule has 0 spiro atoms. The van der Waals surface area contributed by atoms with Gasteiger partial charge in [-0.05, 0) is 37.5 Å². The van der Waals surface area contributed by atoms with E-state index in [1.54, 1.807) is 6.33 Å². The molecule has 0 amide bonds. The number of aryl methyl sites for hydroxylation is 1. The molecule has 1 aliphatic carbocycles. The molecule has 3 rings (SSSR count). The summed E-state index contributed by atoms with van der Waals surface area (Å²) in [4.78, 5) is 11.5. The molecule has 1 aromatic heterocycles. The first-order valence-corrected chi connectivity index (χ1v) is 10.1. The van der Waals surface area contributed by atoms with Gasteiger partial charge >= 0.3 is 0 Å². The monoisotopic (exact) mass is 363 g/mol. The van der Waals surface area contributed by atoms with Crippen molar-refractivity contribution in [3.63, 3.8) is 0 Å². The maximum atomic E-state index is 11.0. The number of hydrogen-bond acceptors (Lipinski definition) is 5. The molecule has 0 saturated carbocycles. The number of rotatable bonds is 4. The third-order valence-corrected chi connectivity index (χ3v) is 7.43. The van der Waals surface area contributed by atoms with E-state index in [0.29, 0.717) is 11.8 Å². The number of thiol groups is 1. The van der Waals surface area contributed by atoms with Gasteiger partial charge in [-0.1, -0.05) is 34.6 Å². The van der Waals surface area contributed by atoms with Crippen molar-refractivity contribution in [3.8, 4) is 0 Å². The van der Waals surface area contributed by atoms with Gasteiger partial charge in [-0.2, -0.15) is 12.6 Å². The maximum absolute atomic E-state index is 11.0. The first-order chi connectivity index (χ1) is 11.6. The molecular weight excluding hydrogens is 330 g/mol. The van der Waals surface area contributed by atoms with Gasteiger partial charge in [0.25, 0.3) is 0 Å². The minimum Gasteiger partial charge on any atom is -0.392 e. The van der Waals surface area contributed by atoms with Crippen LogP contribution < -0.4 is 4.90 Å². The van der Waals surface area contributed by atoms with Crippen molar-refractivity contribution < 1.29 is 5.11 Å². The largest absolute Gasteiger partial charge is 0.392 e. The lowest BCUT2D eigenvalue weighted by Gasteiger charge is -2.46. The van der Waals surface area contributed by atoms with Crippen LogP contribution in [-0.2, 0) is 6.42 Å². The molecule has 2 aliphatic rings. The summed E-state index contributed by atoms with van der Waals surface area (Å²) in [5.74, 6) is 2.01. The second-order valence-corrected chi connectivity index (χ2v) is 10.2. The average Bonchev–Trinajstić information content (AvgIpc) is 2.95. The number of aromatic nitrogens is 2. The van der Waals surface area contributed by atoms with Gasteiger partial charge in [0.15, 0.2) is 0 Å². The van der Waals surface area contributed by atoms with Gasteiger partial charge in [-0.3, -0.25) is 0 Å². The summed E-state index contributed by atoms with van der Waals surface area (Å²) < 4.78 is -0.216. The van der Waals surface area contributed by atoms with E-state index < -0.39 is 0 Å². The number of aliphatic hydroxyl groups excluding tert-OH is 1. The third kappa shape index (κ3) is 3.42. The Morgan fingerprint density at radius 1 is 1.16 bits per heavy atom. The van der Waals surface area contributed by atoms with Crippen LogP contribution in [0.25, 0.3) is 0 Å². The van der Waals surface area contributed by atoms with E-state index in [0.717, 1.165) is 38.2 Å². The summed E-state index contributed by atoms with van der Waals surface area (Å²) in [5.41, 5.74) is 2.36. The van der Waals surface area contributed by atoms with Gasteiger partial charge in [0.1, 0.15) is 12.1 Å². The Hall–Kier alpha value is -0.810. The molecule has 5 heteroatoms. The van der Waals surface area contributed by atoms with E-state index in [-0.39, 0.29) is 16.3 Å². The molecule has 4 nitrogen and oxygen atoms in total.